The molecule has 0 radical (unpaired) electrons. The molecule has 0 amide bonds. The van der Waals surface area contributed by atoms with Crippen LogP contribution in [0.5, 0.6) is 0 Å². The summed E-state index contributed by atoms with van der Waals surface area (Å²) >= 11 is 0. The third-order valence-electron chi connectivity index (χ3n) is 2.92. The van der Waals surface area contributed by atoms with E-state index in [-0.39, 0.29) is 0 Å². The van der Waals surface area contributed by atoms with Gasteiger partial charge in [0, 0.05) is 11.9 Å². The van der Waals surface area contributed by atoms with E-state index >= 15 is 0 Å². The molecule has 13 heavy (non-hydrogen) atoms. The summed E-state index contributed by atoms with van der Waals surface area (Å²) in [5, 5.41) is 0. The Hall–Kier alpha value is -0.850. The van der Waals surface area contributed by atoms with E-state index in [1.54, 1.807) is 0 Å². The van der Waals surface area contributed by atoms with Crippen molar-refractivity contribution in [3.8, 4) is 0 Å². The van der Waals surface area contributed by atoms with E-state index in [1.165, 1.54) is 29.7 Å². The molecule has 0 aliphatic rings. The standard InChI is InChI=1S/C12H19N/c1-5-11(6-2)12-7-8-13-10(4)9(12)3/h7-8,11H,5-6H2,1-4H3. The van der Waals surface area contributed by atoms with Gasteiger partial charge in [-0.25, -0.2) is 0 Å². The van der Waals surface area contributed by atoms with Crippen molar-refractivity contribution in [2.75, 3.05) is 0 Å². The van der Waals surface area contributed by atoms with Crippen LogP contribution in [0, 0.1) is 13.8 Å². The smallest absolute Gasteiger partial charge is 0.0404 e. The maximum atomic E-state index is 4.29. The molecular weight excluding hydrogens is 158 g/mol. The van der Waals surface area contributed by atoms with Gasteiger partial charge in [-0.2, -0.15) is 0 Å². The van der Waals surface area contributed by atoms with Crippen LogP contribution in [0.3, 0.4) is 0 Å². The zero-order valence-corrected chi connectivity index (χ0v) is 9.09. The first-order valence-electron chi connectivity index (χ1n) is 5.12. The first kappa shape index (κ1) is 10.2. The van der Waals surface area contributed by atoms with Crippen molar-refractivity contribution in [1.82, 2.24) is 4.98 Å². The van der Waals surface area contributed by atoms with Gasteiger partial charge in [-0.3, -0.25) is 4.98 Å². The van der Waals surface area contributed by atoms with Gasteiger partial charge in [-0.15, -0.1) is 0 Å². The summed E-state index contributed by atoms with van der Waals surface area (Å²) in [4.78, 5) is 4.29. The average Bonchev–Trinajstić information content (AvgIpc) is 2.14. The second-order valence-corrected chi connectivity index (χ2v) is 3.62. The van der Waals surface area contributed by atoms with Crippen LogP contribution in [0.15, 0.2) is 12.3 Å². The summed E-state index contributed by atoms with van der Waals surface area (Å²) in [5.74, 6) is 0.710. The molecule has 0 unspecified atom stereocenters. The predicted molar refractivity (Wildman–Crippen MR) is 57.0 cm³/mol. The van der Waals surface area contributed by atoms with Gasteiger partial charge in [-0.05, 0) is 49.8 Å². The van der Waals surface area contributed by atoms with Crippen LogP contribution in [0.25, 0.3) is 0 Å². The van der Waals surface area contributed by atoms with Crippen molar-refractivity contribution in [1.29, 1.82) is 0 Å². The fourth-order valence-corrected chi connectivity index (χ4v) is 1.83. The van der Waals surface area contributed by atoms with Crippen molar-refractivity contribution in [2.24, 2.45) is 0 Å². The fourth-order valence-electron chi connectivity index (χ4n) is 1.83. The van der Waals surface area contributed by atoms with Gasteiger partial charge in [0.15, 0.2) is 0 Å². The molecule has 1 aromatic heterocycles. The number of rotatable bonds is 3. The van der Waals surface area contributed by atoms with Crippen LogP contribution < -0.4 is 0 Å². The van der Waals surface area contributed by atoms with Crippen LogP contribution in [-0.2, 0) is 0 Å². The monoisotopic (exact) mass is 177 g/mol. The molecule has 1 rings (SSSR count). The van der Waals surface area contributed by atoms with Gasteiger partial charge in [0.1, 0.15) is 0 Å². The van der Waals surface area contributed by atoms with E-state index in [4.69, 9.17) is 0 Å². The third-order valence-corrected chi connectivity index (χ3v) is 2.92. The highest BCUT2D eigenvalue weighted by atomic mass is 14.7. The Morgan fingerprint density at radius 1 is 1.23 bits per heavy atom. The maximum Gasteiger partial charge on any atom is 0.0404 e. The lowest BCUT2D eigenvalue weighted by atomic mass is 9.91. The lowest BCUT2D eigenvalue weighted by Crippen LogP contribution is -2.01. The van der Waals surface area contributed by atoms with Gasteiger partial charge in [0.2, 0.25) is 0 Å². The number of hydrogen-bond acceptors (Lipinski definition) is 1. The van der Waals surface area contributed by atoms with E-state index < -0.39 is 0 Å². The van der Waals surface area contributed by atoms with Crippen LogP contribution in [0.4, 0.5) is 0 Å². The zero-order valence-electron chi connectivity index (χ0n) is 9.09. The summed E-state index contributed by atoms with van der Waals surface area (Å²) < 4.78 is 0. The van der Waals surface area contributed by atoms with Crippen LogP contribution >= 0.6 is 0 Å². The Bertz CT molecular complexity index is 274. The molecule has 1 heteroatoms. The minimum Gasteiger partial charge on any atom is -0.261 e. The molecule has 0 spiro atoms. The van der Waals surface area contributed by atoms with E-state index in [0.717, 1.165) is 0 Å². The Morgan fingerprint density at radius 2 is 1.85 bits per heavy atom. The SMILES string of the molecule is CCC(CC)c1ccnc(C)c1C. The number of pyridine rings is 1. The Morgan fingerprint density at radius 3 is 2.38 bits per heavy atom. The summed E-state index contributed by atoms with van der Waals surface area (Å²) in [6.07, 6.45) is 4.37. The Kier molecular flexibility index (Phi) is 3.47. The molecule has 72 valence electrons. The highest BCUT2D eigenvalue weighted by Crippen LogP contribution is 2.26. The lowest BCUT2D eigenvalue weighted by molar-refractivity contribution is 0.636. The maximum absolute atomic E-state index is 4.29. The van der Waals surface area contributed by atoms with Crippen molar-refractivity contribution in [3.05, 3.63) is 29.1 Å². The molecule has 0 saturated heterocycles. The van der Waals surface area contributed by atoms with Gasteiger partial charge >= 0.3 is 0 Å². The minimum absolute atomic E-state index is 0.710. The van der Waals surface area contributed by atoms with E-state index in [0.29, 0.717) is 5.92 Å². The van der Waals surface area contributed by atoms with Crippen LogP contribution in [-0.4, -0.2) is 4.98 Å². The molecule has 0 N–H and O–H groups in total. The molecule has 0 aromatic carbocycles. The third kappa shape index (κ3) is 2.09. The van der Waals surface area contributed by atoms with E-state index in [9.17, 15) is 0 Å². The number of nitrogens with zero attached hydrogens (tertiary/aromatic N) is 1. The summed E-state index contributed by atoms with van der Waals surface area (Å²) in [7, 11) is 0. The van der Waals surface area contributed by atoms with Gasteiger partial charge in [-0.1, -0.05) is 13.8 Å². The normalized spacial score (nSPS) is 10.8. The summed E-state index contributed by atoms with van der Waals surface area (Å²) in [5.41, 5.74) is 4.03. The van der Waals surface area contributed by atoms with Gasteiger partial charge in [0.25, 0.3) is 0 Å². The van der Waals surface area contributed by atoms with Crippen LogP contribution in [0.2, 0.25) is 0 Å². The fraction of sp³-hybridized carbons (Fsp3) is 0.583. The first-order valence-corrected chi connectivity index (χ1v) is 5.12. The van der Waals surface area contributed by atoms with Gasteiger partial charge in [0.05, 0.1) is 0 Å². The van der Waals surface area contributed by atoms with Crippen molar-refractivity contribution >= 4 is 0 Å². The molecule has 0 fully saturated rings. The summed E-state index contributed by atoms with van der Waals surface area (Å²) in [6.45, 7) is 8.77. The lowest BCUT2D eigenvalue weighted by Gasteiger charge is -2.16. The zero-order chi connectivity index (χ0) is 9.84. The first-order chi connectivity index (χ1) is 6.20. The van der Waals surface area contributed by atoms with E-state index in [1.807, 2.05) is 6.20 Å². The minimum atomic E-state index is 0.710. The topological polar surface area (TPSA) is 12.9 Å². The highest BCUT2D eigenvalue weighted by Gasteiger charge is 2.10. The Balaban J connectivity index is 3.05. The average molecular weight is 177 g/mol. The molecule has 0 aliphatic heterocycles. The Labute approximate surface area is 81.2 Å². The number of hydrogen-bond donors (Lipinski definition) is 0. The largest absolute Gasteiger partial charge is 0.261 e. The number of aromatic nitrogens is 1. The predicted octanol–water partition coefficient (Wildman–Crippen LogP) is 3.60. The second kappa shape index (κ2) is 4.40. The van der Waals surface area contributed by atoms with Crippen molar-refractivity contribution in [2.45, 2.75) is 46.5 Å². The van der Waals surface area contributed by atoms with Crippen molar-refractivity contribution < 1.29 is 0 Å². The van der Waals surface area contributed by atoms with Gasteiger partial charge < -0.3 is 0 Å². The highest BCUT2D eigenvalue weighted by molar-refractivity contribution is 5.30. The number of aryl methyl sites for hydroxylation is 1. The molecule has 0 bridgehead atoms. The molecular formula is C12H19N. The van der Waals surface area contributed by atoms with Crippen molar-refractivity contribution in [3.63, 3.8) is 0 Å². The second-order valence-electron chi connectivity index (χ2n) is 3.62. The molecule has 0 saturated carbocycles. The summed E-state index contributed by atoms with van der Waals surface area (Å²) in [6, 6.07) is 2.17. The quantitative estimate of drug-likeness (QED) is 0.687. The van der Waals surface area contributed by atoms with E-state index in [2.05, 4.69) is 38.7 Å². The molecule has 1 heterocycles. The molecule has 0 aliphatic carbocycles. The molecule has 1 nitrogen and oxygen atoms in total. The molecule has 1 aromatic rings. The molecule has 0 atom stereocenters. The van der Waals surface area contributed by atoms with Crippen LogP contribution in [0.1, 0.15) is 49.4 Å².